The van der Waals surface area contributed by atoms with Crippen LogP contribution in [0.3, 0.4) is 0 Å². The Morgan fingerprint density at radius 3 is 1.93 bits per heavy atom. The zero-order chi connectivity index (χ0) is 31.6. The van der Waals surface area contributed by atoms with Crippen molar-refractivity contribution >= 4 is 46.4 Å². The Balaban J connectivity index is 2.39. The van der Waals surface area contributed by atoms with Gasteiger partial charge in [0.25, 0.3) is 0 Å². The number of para-hydroxylation sites is 1. The maximum absolute atomic E-state index is 13.7. The van der Waals surface area contributed by atoms with Gasteiger partial charge in [0.05, 0.1) is 6.42 Å². The normalized spacial score (nSPS) is 15.4. The van der Waals surface area contributed by atoms with Gasteiger partial charge in [0.15, 0.2) is 0 Å². The number of nitrogens with two attached hydrogens (primary N) is 1. The number of amides is 5. The third-order valence-corrected chi connectivity index (χ3v) is 7.42. The topological polar surface area (TPSA) is 213 Å². The van der Waals surface area contributed by atoms with Crippen LogP contribution < -0.4 is 27.0 Å². The molecular weight excluding hydrogens is 544 g/mol. The second kappa shape index (κ2) is 15.5. The molecule has 1 heterocycles. The Labute approximate surface area is 244 Å². The predicted molar refractivity (Wildman–Crippen MR) is 156 cm³/mol. The van der Waals surface area contributed by atoms with Crippen molar-refractivity contribution in [2.45, 2.75) is 84.5 Å². The summed E-state index contributed by atoms with van der Waals surface area (Å²) in [5.41, 5.74) is 6.81. The lowest BCUT2D eigenvalue weighted by molar-refractivity contribution is -0.140. The van der Waals surface area contributed by atoms with E-state index in [0.717, 1.165) is 10.9 Å². The van der Waals surface area contributed by atoms with Crippen molar-refractivity contribution in [2.75, 3.05) is 0 Å². The first-order chi connectivity index (χ1) is 19.8. The molecule has 42 heavy (non-hydrogen) atoms. The van der Waals surface area contributed by atoms with Crippen molar-refractivity contribution in [3.8, 4) is 0 Å². The summed E-state index contributed by atoms with van der Waals surface area (Å²) in [6.07, 6.45) is 2.05. The summed E-state index contributed by atoms with van der Waals surface area (Å²) in [6.45, 7) is 8.61. The molecule has 0 radical (unpaired) electrons. The van der Waals surface area contributed by atoms with Gasteiger partial charge in [0.1, 0.15) is 24.2 Å². The minimum Gasteiger partial charge on any atom is -0.481 e. The Hall–Kier alpha value is -4.42. The number of carboxylic acids is 1. The summed E-state index contributed by atoms with van der Waals surface area (Å²) < 4.78 is 0. The first-order valence-electron chi connectivity index (χ1n) is 14.0. The molecule has 0 spiro atoms. The zero-order valence-electron chi connectivity index (χ0n) is 24.7. The second-order valence-electron chi connectivity index (χ2n) is 10.6. The van der Waals surface area contributed by atoms with Crippen molar-refractivity contribution in [2.24, 2.45) is 17.6 Å². The second-order valence-corrected chi connectivity index (χ2v) is 10.6. The van der Waals surface area contributed by atoms with Crippen molar-refractivity contribution in [1.29, 1.82) is 0 Å². The monoisotopic (exact) mass is 586 g/mol. The van der Waals surface area contributed by atoms with Crippen molar-refractivity contribution in [3.63, 3.8) is 0 Å². The van der Waals surface area contributed by atoms with E-state index in [9.17, 15) is 28.8 Å². The molecule has 0 saturated heterocycles. The highest BCUT2D eigenvalue weighted by Gasteiger charge is 2.34. The number of primary amides is 1. The van der Waals surface area contributed by atoms with E-state index in [1.165, 1.54) is 6.92 Å². The van der Waals surface area contributed by atoms with Gasteiger partial charge in [0.2, 0.25) is 29.5 Å². The van der Waals surface area contributed by atoms with Gasteiger partial charge in [-0.25, -0.2) is 0 Å². The fourth-order valence-electron chi connectivity index (χ4n) is 4.53. The highest BCUT2D eigenvalue weighted by molar-refractivity contribution is 5.96. The third-order valence-electron chi connectivity index (χ3n) is 7.42. The summed E-state index contributed by atoms with van der Waals surface area (Å²) in [5, 5.41) is 20.4. The van der Waals surface area contributed by atoms with Gasteiger partial charge in [0, 0.05) is 30.4 Å². The SMILES string of the molecule is CC[C@H](C)[C@H](NC(C)=O)C(=O)N[C@H](C(=O)N[C@@H](Cc1c[nH]c2ccccc12)C(=O)N[C@@H](CC(=O)O)C(N)=O)[C@@H](C)CC. The van der Waals surface area contributed by atoms with Crippen LogP contribution in [-0.2, 0) is 35.2 Å². The van der Waals surface area contributed by atoms with Gasteiger partial charge in [-0.15, -0.1) is 0 Å². The molecular formula is C29H42N6O7. The predicted octanol–water partition coefficient (Wildman–Crippen LogP) is 0.722. The quantitative estimate of drug-likeness (QED) is 0.150. The van der Waals surface area contributed by atoms with Gasteiger partial charge in [-0.3, -0.25) is 28.8 Å². The lowest BCUT2D eigenvalue weighted by atomic mass is 9.94. The Morgan fingerprint density at radius 2 is 1.38 bits per heavy atom. The van der Waals surface area contributed by atoms with E-state index < -0.39 is 60.2 Å². The minimum atomic E-state index is -1.50. The van der Waals surface area contributed by atoms with Gasteiger partial charge in [-0.1, -0.05) is 58.7 Å². The number of carboxylic acid groups (broad SMARTS) is 1. The van der Waals surface area contributed by atoms with Crippen LogP contribution in [0.1, 0.15) is 59.4 Å². The zero-order valence-corrected chi connectivity index (χ0v) is 24.7. The molecule has 0 aliphatic carbocycles. The average molecular weight is 587 g/mol. The van der Waals surface area contributed by atoms with E-state index in [4.69, 9.17) is 10.8 Å². The summed E-state index contributed by atoms with van der Waals surface area (Å²) in [7, 11) is 0. The van der Waals surface area contributed by atoms with E-state index in [1.807, 2.05) is 45.0 Å². The first-order valence-corrected chi connectivity index (χ1v) is 14.0. The molecule has 0 bridgehead atoms. The fraction of sp³-hybridized carbons (Fsp3) is 0.517. The molecule has 2 rings (SSSR count). The van der Waals surface area contributed by atoms with Crippen LogP contribution in [0.25, 0.3) is 10.9 Å². The molecule has 0 aliphatic rings. The van der Waals surface area contributed by atoms with Crippen LogP contribution in [0.5, 0.6) is 0 Å². The van der Waals surface area contributed by atoms with E-state index >= 15 is 0 Å². The first kappa shape index (κ1) is 33.8. The molecule has 0 saturated carbocycles. The van der Waals surface area contributed by atoms with Crippen LogP contribution in [0.4, 0.5) is 0 Å². The lowest BCUT2D eigenvalue weighted by Crippen LogP contribution is -2.60. The number of nitrogens with one attached hydrogen (secondary N) is 5. The van der Waals surface area contributed by atoms with Crippen molar-refractivity contribution in [1.82, 2.24) is 26.3 Å². The van der Waals surface area contributed by atoms with Gasteiger partial charge >= 0.3 is 5.97 Å². The summed E-state index contributed by atoms with van der Waals surface area (Å²) in [4.78, 5) is 78.3. The molecule has 2 aromatic rings. The molecule has 5 amide bonds. The number of carbonyl (C=O) groups is 6. The highest BCUT2D eigenvalue weighted by atomic mass is 16.4. The Kier molecular flexibility index (Phi) is 12.5. The standard InChI is InChI=1S/C29H42N6O7/c1-6-15(3)24(32-17(5)36)29(42)35-25(16(4)7-2)28(41)34-22(27(40)33-21(26(30)39)13-23(37)38)12-18-14-31-20-11-9-8-10-19(18)20/h8-11,14-16,21-22,24-25,31H,6-7,12-13H2,1-5H3,(H2,30,39)(H,32,36)(H,33,40)(H,34,41)(H,35,42)(H,37,38)/t15-,16-,21-,22-,24-,25-/m0/s1. The van der Waals surface area contributed by atoms with Gasteiger partial charge < -0.3 is 37.1 Å². The molecule has 0 unspecified atom stereocenters. The average Bonchev–Trinajstić information content (AvgIpc) is 3.35. The number of aliphatic carboxylic acids is 1. The largest absolute Gasteiger partial charge is 0.481 e. The molecule has 0 aliphatic heterocycles. The third kappa shape index (κ3) is 9.32. The van der Waals surface area contributed by atoms with E-state index in [2.05, 4.69) is 26.3 Å². The summed E-state index contributed by atoms with van der Waals surface area (Å²) in [5.74, 6) is -5.34. The summed E-state index contributed by atoms with van der Waals surface area (Å²) in [6, 6.07) is 2.66. The van der Waals surface area contributed by atoms with E-state index in [1.54, 1.807) is 13.1 Å². The minimum absolute atomic E-state index is 0.0112. The van der Waals surface area contributed by atoms with Crippen LogP contribution in [0.15, 0.2) is 30.5 Å². The lowest BCUT2D eigenvalue weighted by Gasteiger charge is -2.30. The van der Waals surface area contributed by atoms with Crippen LogP contribution in [-0.4, -0.2) is 69.8 Å². The Morgan fingerprint density at radius 1 is 0.833 bits per heavy atom. The smallest absolute Gasteiger partial charge is 0.305 e. The number of fused-ring (bicyclic) bond motifs is 1. The molecule has 1 aromatic carbocycles. The number of carbonyl (C=O) groups excluding carboxylic acids is 5. The van der Waals surface area contributed by atoms with Crippen LogP contribution in [0, 0.1) is 11.8 Å². The highest BCUT2D eigenvalue weighted by Crippen LogP contribution is 2.20. The molecule has 230 valence electrons. The molecule has 8 N–H and O–H groups in total. The maximum Gasteiger partial charge on any atom is 0.305 e. The van der Waals surface area contributed by atoms with Crippen LogP contribution in [0.2, 0.25) is 0 Å². The fourth-order valence-corrected chi connectivity index (χ4v) is 4.53. The van der Waals surface area contributed by atoms with Crippen molar-refractivity contribution < 1.29 is 33.9 Å². The number of aromatic amines is 1. The molecule has 13 heteroatoms. The number of hydrogen-bond donors (Lipinski definition) is 7. The number of rotatable bonds is 16. The summed E-state index contributed by atoms with van der Waals surface area (Å²) >= 11 is 0. The number of aromatic nitrogens is 1. The van der Waals surface area contributed by atoms with E-state index in [-0.39, 0.29) is 24.2 Å². The molecule has 13 nitrogen and oxygen atoms in total. The number of hydrogen-bond acceptors (Lipinski definition) is 6. The van der Waals surface area contributed by atoms with Crippen LogP contribution >= 0.6 is 0 Å². The molecule has 6 atom stereocenters. The molecule has 1 aromatic heterocycles. The van der Waals surface area contributed by atoms with Crippen molar-refractivity contribution in [3.05, 3.63) is 36.0 Å². The Bertz CT molecular complexity index is 1290. The number of benzene rings is 1. The van der Waals surface area contributed by atoms with Gasteiger partial charge in [-0.2, -0.15) is 0 Å². The van der Waals surface area contributed by atoms with Gasteiger partial charge in [-0.05, 0) is 23.5 Å². The molecule has 0 fully saturated rings. The maximum atomic E-state index is 13.7. The number of H-pyrrole nitrogens is 1. The van der Waals surface area contributed by atoms with E-state index in [0.29, 0.717) is 18.4 Å².